The highest BCUT2D eigenvalue weighted by atomic mass is 16.2. The van der Waals surface area contributed by atoms with E-state index in [4.69, 9.17) is 0 Å². The summed E-state index contributed by atoms with van der Waals surface area (Å²) >= 11 is 0. The first-order chi connectivity index (χ1) is 8.11. The Kier molecular flexibility index (Phi) is 5.96. The zero-order chi connectivity index (χ0) is 12.8. The molecule has 0 radical (unpaired) electrons. The molecule has 0 saturated carbocycles. The maximum atomic E-state index is 12.5. The molecule has 1 heterocycles. The molecule has 3 atom stereocenters. The average Bonchev–Trinajstić information content (AvgIpc) is 2.75. The normalized spacial score (nSPS) is 25.9. The van der Waals surface area contributed by atoms with E-state index in [9.17, 15) is 4.79 Å². The minimum absolute atomic E-state index is 0.0563. The van der Waals surface area contributed by atoms with E-state index in [0.29, 0.717) is 17.9 Å². The van der Waals surface area contributed by atoms with Crippen molar-refractivity contribution in [2.75, 3.05) is 13.1 Å². The summed E-state index contributed by atoms with van der Waals surface area (Å²) in [6, 6.07) is 0.421. The van der Waals surface area contributed by atoms with Gasteiger partial charge in [0.15, 0.2) is 0 Å². The summed E-state index contributed by atoms with van der Waals surface area (Å²) in [5.74, 6) is 0.800. The Morgan fingerprint density at radius 1 is 1.47 bits per heavy atom. The summed E-state index contributed by atoms with van der Waals surface area (Å²) < 4.78 is 0. The van der Waals surface area contributed by atoms with Crippen LogP contribution in [0.3, 0.4) is 0 Å². The number of rotatable bonds is 6. The summed E-state index contributed by atoms with van der Waals surface area (Å²) in [5, 5.41) is 3.35. The fraction of sp³-hybridized carbons (Fsp3) is 0.929. The Balaban J connectivity index is 2.64. The first-order valence-electron chi connectivity index (χ1n) is 7.15. The molecule has 0 aliphatic carbocycles. The van der Waals surface area contributed by atoms with E-state index in [1.165, 1.54) is 0 Å². The number of carbonyl (C=O) groups excluding carboxylic acids is 1. The molecule has 3 unspecified atom stereocenters. The molecular weight excluding hydrogens is 212 g/mol. The lowest BCUT2D eigenvalue weighted by atomic mass is 10.0. The first-order valence-corrected chi connectivity index (χ1v) is 7.15. The number of unbranched alkanes of at least 4 members (excludes halogenated alkanes) is 1. The van der Waals surface area contributed by atoms with Crippen molar-refractivity contribution in [2.45, 2.75) is 65.5 Å². The van der Waals surface area contributed by atoms with Crippen molar-refractivity contribution in [1.82, 2.24) is 10.2 Å². The van der Waals surface area contributed by atoms with Crippen LogP contribution in [-0.2, 0) is 4.79 Å². The van der Waals surface area contributed by atoms with E-state index in [1.54, 1.807) is 0 Å². The Labute approximate surface area is 106 Å². The van der Waals surface area contributed by atoms with Crippen LogP contribution in [0.15, 0.2) is 0 Å². The summed E-state index contributed by atoms with van der Waals surface area (Å²) in [4.78, 5) is 14.6. The van der Waals surface area contributed by atoms with Crippen LogP contribution in [0.1, 0.15) is 53.4 Å². The van der Waals surface area contributed by atoms with Crippen LogP contribution in [0.4, 0.5) is 0 Å². The third-order valence-corrected chi connectivity index (χ3v) is 3.96. The van der Waals surface area contributed by atoms with Crippen molar-refractivity contribution in [3.05, 3.63) is 0 Å². The molecule has 3 nitrogen and oxygen atoms in total. The summed E-state index contributed by atoms with van der Waals surface area (Å²) in [5.41, 5.74) is 0. The molecule has 0 bridgehead atoms. The van der Waals surface area contributed by atoms with Crippen LogP contribution in [0.5, 0.6) is 0 Å². The number of nitrogens with zero attached hydrogens (tertiary/aromatic N) is 1. The van der Waals surface area contributed by atoms with Crippen LogP contribution < -0.4 is 5.32 Å². The van der Waals surface area contributed by atoms with Gasteiger partial charge >= 0.3 is 0 Å². The molecular formula is C14H28N2O. The lowest BCUT2D eigenvalue weighted by Crippen LogP contribution is -2.49. The standard InChI is InChI=1S/C14H28N2O/c1-5-7-10-16(12(4)6-2)14(17)13-11(3)8-9-15-13/h11-13,15H,5-10H2,1-4H3. The Hall–Kier alpha value is -0.570. The molecule has 1 N–H and O–H groups in total. The van der Waals surface area contributed by atoms with Crippen LogP contribution in [0.25, 0.3) is 0 Å². The van der Waals surface area contributed by atoms with Gasteiger partial charge in [0.05, 0.1) is 6.04 Å². The van der Waals surface area contributed by atoms with Gasteiger partial charge in [-0.15, -0.1) is 0 Å². The molecule has 1 aliphatic rings. The van der Waals surface area contributed by atoms with E-state index in [0.717, 1.165) is 38.8 Å². The van der Waals surface area contributed by atoms with Gasteiger partial charge in [-0.05, 0) is 38.6 Å². The van der Waals surface area contributed by atoms with Gasteiger partial charge < -0.3 is 10.2 Å². The molecule has 100 valence electrons. The van der Waals surface area contributed by atoms with Crippen molar-refractivity contribution >= 4 is 5.91 Å². The quantitative estimate of drug-likeness (QED) is 0.773. The Bertz CT molecular complexity index is 242. The number of amides is 1. The topological polar surface area (TPSA) is 32.3 Å². The van der Waals surface area contributed by atoms with Crippen molar-refractivity contribution in [3.8, 4) is 0 Å². The van der Waals surface area contributed by atoms with Gasteiger partial charge in [-0.25, -0.2) is 0 Å². The second-order valence-corrected chi connectivity index (χ2v) is 5.34. The number of hydrogen-bond donors (Lipinski definition) is 1. The highest BCUT2D eigenvalue weighted by molar-refractivity contribution is 5.82. The van der Waals surface area contributed by atoms with E-state index >= 15 is 0 Å². The molecule has 3 heteroatoms. The molecule has 0 aromatic rings. The van der Waals surface area contributed by atoms with Gasteiger partial charge in [-0.2, -0.15) is 0 Å². The molecule has 1 rings (SSSR count). The van der Waals surface area contributed by atoms with Crippen molar-refractivity contribution < 1.29 is 4.79 Å². The van der Waals surface area contributed by atoms with Crippen molar-refractivity contribution in [1.29, 1.82) is 0 Å². The maximum Gasteiger partial charge on any atom is 0.240 e. The number of hydrogen-bond acceptors (Lipinski definition) is 2. The summed E-state index contributed by atoms with van der Waals surface area (Å²) in [6.45, 7) is 10.6. The summed E-state index contributed by atoms with van der Waals surface area (Å²) in [6.07, 6.45) is 4.42. The zero-order valence-electron chi connectivity index (χ0n) is 11.8. The van der Waals surface area contributed by atoms with Crippen molar-refractivity contribution in [3.63, 3.8) is 0 Å². The minimum Gasteiger partial charge on any atom is -0.339 e. The minimum atomic E-state index is 0.0563. The molecule has 0 spiro atoms. The van der Waals surface area contributed by atoms with E-state index in [-0.39, 0.29) is 6.04 Å². The molecule has 1 amide bonds. The predicted octanol–water partition coefficient (Wildman–Crippen LogP) is 2.41. The highest BCUT2D eigenvalue weighted by Crippen LogP contribution is 2.18. The smallest absolute Gasteiger partial charge is 0.240 e. The SMILES string of the molecule is CCCCN(C(=O)C1NCCC1C)C(C)CC. The molecule has 1 fully saturated rings. The fourth-order valence-corrected chi connectivity index (χ4v) is 2.44. The lowest BCUT2D eigenvalue weighted by molar-refractivity contribution is -0.136. The van der Waals surface area contributed by atoms with Gasteiger partial charge in [0.1, 0.15) is 0 Å². The van der Waals surface area contributed by atoms with Gasteiger partial charge in [0.2, 0.25) is 5.91 Å². The van der Waals surface area contributed by atoms with Crippen molar-refractivity contribution in [2.24, 2.45) is 5.92 Å². The molecule has 1 aliphatic heterocycles. The highest BCUT2D eigenvalue weighted by Gasteiger charge is 2.33. The molecule has 17 heavy (non-hydrogen) atoms. The van der Waals surface area contributed by atoms with Gasteiger partial charge in [-0.1, -0.05) is 27.2 Å². The van der Waals surface area contributed by atoms with Gasteiger partial charge in [0, 0.05) is 12.6 Å². The second-order valence-electron chi connectivity index (χ2n) is 5.34. The Morgan fingerprint density at radius 2 is 2.18 bits per heavy atom. The van der Waals surface area contributed by atoms with Crippen LogP contribution in [0.2, 0.25) is 0 Å². The van der Waals surface area contributed by atoms with Crippen LogP contribution in [-0.4, -0.2) is 36.0 Å². The predicted molar refractivity (Wildman–Crippen MR) is 71.9 cm³/mol. The van der Waals surface area contributed by atoms with Gasteiger partial charge in [-0.3, -0.25) is 4.79 Å². The third kappa shape index (κ3) is 3.70. The average molecular weight is 240 g/mol. The summed E-state index contributed by atoms with van der Waals surface area (Å²) in [7, 11) is 0. The zero-order valence-corrected chi connectivity index (χ0v) is 11.8. The Morgan fingerprint density at radius 3 is 2.65 bits per heavy atom. The van der Waals surface area contributed by atoms with Gasteiger partial charge in [0.25, 0.3) is 0 Å². The van der Waals surface area contributed by atoms with E-state index in [1.807, 2.05) is 0 Å². The van der Waals surface area contributed by atoms with E-state index in [2.05, 4.69) is 37.9 Å². The van der Waals surface area contributed by atoms with E-state index < -0.39 is 0 Å². The molecule has 0 aromatic heterocycles. The maximum absolute atomic E-state index is 12.5. The largest absolute Gasteiger partial charge is 0.339 e. The second kappa shape index (κ2) is 7.00. The fourth-order valence-electron chi connectivity index (χ4n) is 2.44. The number of carbonyl (C=O) groups is 1. The lowest BCUT2D eigenvalue weighted by Gasteiger charge is -2.32. The monoisotopic (exact) mass is 240 g/mol. The first kappa shape index (κ1) is 14.5. The van der Waals surface area contributed by atoms with Crippen LogP contribution >= 0.6 is 0 Å². The molecule has 0 aromatic carbocycles. The van der Waals surface area contributed by atoms with Crippen LogP contribution in [0, 0.1) is 5.92 Å². The molecule has 1 saturated heterocycles. The number of nitrogens with one attached hydrogen (secondary N) is 1. The third-order valence-electron chi connectivity index (χ3n) is 3.96.